The van der Waals surface area contributed by atoms with Crippen LogP contribution in [0.1, 0.15) is 80.7 Å². The number of benzene rings is 5. The first kappa shape index (κ1) is 50.7. The smallest absolute Gasteiger partial charge is 0.201 e. The number of hydrogen-bond acceptors (Lipinski definition) is 0. The Bertz CT molecular complexity index is 3870. The van der Waals surface area contributed by atoms with E-state index in [-0.39, 0.29) is 0 Å². The third-order valence-corrected chi connectivity index (χ3v) is 14.7. The van der Waals surface area contributed by atoms with E-state index in [1.807, 2.05) is 67.4 Å². The summed E-state index contributed by atoms with van der Waals surface area (Å²) in [7, 11) is 10.1. The first-order valence-electron chi connectivity index (χ1n) is 29.8. The highest BCUT2D eigenvalue weighted by molar-refractivity contribution is 5.67. The molecular formula is C73H86N5+5. The molecule has 10 aromatic rings. The molecule has 5 heteroatoms. The standard InChI is InChI=1S/3C15H18N.2C14H16N/c1-11-9-13(3)15(16(4)10-11)14-8-6-5-7-12(14)2;1-11-7-5-6-8-14(11)15-9-12(2)13(3)10-16(15)4;1-11-9-10-16(4)15(13(11)3)14-8-6-5-7-12(14)2;1-11-7-4-5-9-13(11)14-12(2)8-6-10-15(14)3;1-11-7-4-5-9-13(11)14-10-6-8-12(2)15(14)3/h3*5-10H,1-4H3;2*4-10H,1-3H3/q5*+1/i1D3;3D3;;;. The van der Waals surface area contributed by atoms with Crippen LogP contribution in [-0.2, 0) is 35.2 Å². The van der Waals surface area contributed by atoms with Gasteiger partial charge in [0.05, 0.1) is 0 Å². The topological polar surface area (TPSA) is 19.4 Å². The zero-order valence-corrected chi connectivity index (χ0v) is 49.2. The Morgan fingerprint density at radius 1 is 0.295 bits per heavy atom. The molecule has 0 N–H and O–H groups in total. The third-order valence-electron chi connectivity index (χ3n) is 14.7. The van der Waals surface area contributed by atoms with Crippen LogP contribution in [0.2, 0.25) is 0 Å². The lowest BCUT2D eigenvalue weighted by Crippen LogP contribution is -2.34. The Labute approximate surface area is 477 Å². The third kappa shape index (κ3) is 14.7. The number of pyridine rings is 5. The van der Waals surface area contributed by atoms with Gasteiger partial charge in [0.1, 0.15) is 35.2 Å². The lowest BCUT2D eigenvalue weighted by molar-refractivity contribution is -0.666. The van der Waals surface area contributed by atoms with E-state index in [1.54, 1.807) is 18.5 Å². The predicted molar refractivity (Wildman–Crippen MR) is 327 cm³/mol. The van der Waals surface area contributed by atoms with E-state index in [0.29, 0.717) is 11.1 Å². The van der Waals surface area contributed by atoms with E-state index < -0.39 is 13.7 Å². The predicted octanol–water partition coefficient (Wildman–Crippen LogP) is 14.9. The van der Waals surface area contributed by atoms with Crippen LogP contribution in [0, 0.1) is 89.9 Å². The summed E-state index contributed by atoms with van der Waals surface area (Å²) in [6.07, 6.45) is 7.63. The second kappa shape index (κ2) is 27.2. The van der Waals surface area contributed by atoms with Crippen molar-refractivity contribution in [1.29, 1.82) is 0 Å². The van der Waals surface area contributed by atoms with Crippen molar-refractivity contribution in [1.82, 2.24) is 0 Å². The lowest BCUT2D eigenvalue weighted by atomic mass is 9.99. The van der Waals surface area contributed by atoms with Crippen molar-refractivity contribution in [3.63, 3.8) is 0 Å². The van der Waals surface area contributed by atoms with Crippen molar-refractivity contribution >= 4 is 0 Å². The molecule has 0 saturated carbocycles. The van der Waals surface area contributed by atoms with E-state index >= 15 is 0 Å². The van der Waals surface area contributed by atoms with Crippen LogP contribution in [0.4, 0.5) is 0 Å². The van der Waals surface area contributed by atoms with Crippen molar-refractivity contribution in [2.75, 3.05) is 0 Å². The average molecular weight is 1040 g/mol. The van der Waals surface area contributed by atoms with E-state index in [4.69, 9.17) is 8.22 Å². The molecule has 10 rings (SSSR count). The second-order valence-electron chi connectivity index (χ2n) is 20.7. The summed E-state index contributed by atoms with van der Waals surface area (Å²) in [5.41, 5.74) is 26.4. The Hall–Kier alpha value is -8.15. The van der Waals surface area contributed by atoms with Crippen LogP contribution in [0.25, 0.3) is 56.3 Å². The van der Waals surface area contributed by atoms with Gasteiger partial charge in [-0.1, -0.05) is 91.0 Å². The highest BCUT2D eigenvalue weighted by Crippen LogP contribution is 2.27. The molecule has 5 heterocycles. The highest BCUT2D eigenvalue weighted by Gasteiger charge is 2.19. The molecule has 5 aromatic heterocycles. The van der Waals surface area contributed by atoms with Crippen LogP contribution < -0.4 is 22.8 Å². The Morgan fingerprint density at radius 3 is 1.22 bits per heavy atom. The molecule has 78 heavy (non-hydrogen) atoms. The van der Waals surface area contributed by atoms with Gasteiger partial charge in [0, 0.05) is 101 Å². The summed E-state index contributed by atoms with van der Waals surface area (Å²) in [5, 5.41) is 0. The first-order valence-corrected chi connectivity index (χ1v) is 26.8. The van der Waals surface area contributed by atoms with Crippen molar-refractivity contribution in [2.24, 2.45) is 35.2 Å². The van der Waals surface area contributed by atoms with Crippen LogP contribution >= 0.6 is 0 Å². The fraction of sp³-hybridized carbons (Fsp3) is 0.247. The van der Waals surface area contributed by atoms with Gasteiger partial charge in [-0.3, -0.25) is 0 Å². The molecule has 0 amide bonds. The minimum atomic E-state index is -2.06. The average Bonchev–Trinajstić information content (AvgIpc) is 3.22. The number of rotatable bonds is 5. The maximum atomic E-state index is 7.55. The Balaban J connectivity index is 0.000000169. The minimum Gasteiger partial charge on any atom is -0.201 e. The molecule has 0 aliphatic carbocycles. The van der Waals surface area contributed by atoms with Crippen molar-refractivity contribution < 1.29 is 31.1 Å². The molecule has 0 saturated heterocycles. The molecule has 0 aliphatic rings. The zero-order valence-electron chi connectivity index (χ0n) is 55.2. The molecule has 398 valence electrons. The van der Waals surface area contributed by atoms with Crippen molar-refractivity contribution in [3.8, 4) is 56.3 Å². The van der Waals surface area contributed by atoms with E-state index in [9.17, 15) is 0 Å². The number of nitrogens with zero attached hydrogens (tertiary/aromatic N) is 5. The summed E-state index contributed by atoms with van der Waals surface area (Å²) in [4.78, 5) is 0. The number of aromatic nitrogens is 5. The van der Waals surface area contributed by atoms with Crippen LogP contribution in [-0.4, -0.2) is 0 Å². The van der Waals surface area contributed by atoms with Crippen LogP contribution in [0.15, 0.2) is 195 Å². The SMILES string of the molecule is Cc1ccccc1-c1c(C)c(C)cc[n+]1C.Cc1ccccc1-c1c(C)ccc[n+]1C.Cc1ccccc1-c1cccc(C)[n+]1C.[2H]C([2H])([2H])c1c[n+](C)c(-c2ccccc2C)cc1C.[2H]C([2H])([2H])c1cc(C)c(-c2ccccc2C)[n+](C)c1. The quantitative estimate of drug-likeness (QED) is 0.153. The summed E-state index contributed by atoms with van der Waals surface area (Å²) < 4.78 is 55.5. The summed E-state index contributed by atoms with van der Waals surface area (Å²) in [6.45, 7) is 18.9. The molecular weight excluding hydrogens is 947 g/mol. The van der Waals surface area contributed by atoms with Crippen molar-refractivity contribution in [3.05, 3.63) is 267 Å². The largest absolute Gasteiger partial charge is 0.215 e. The van der Waals surface area contributed by atoms with Gasteiger partial charge in [0.2, 0.25) is 28.5 Å². The van der Waals surface area contributed by atoms with Gasteiger partial charge >= 0.3 is 0 Å². The van der Waals surface area contributed by atoms with E-state index in [1.165, 1.54) is 84.0 Å². The molecule has 0 fully saturated rings. The molecule has 0 aliphatic heterocycles. The molecule has 0 unspecified atom stereocenters. The fourth-order valence-electron chi connectivity index (χ4n) is 9.93. The molecule has 0 spiro atoms. The summed E-state index contributed by atoms with van der Waals surface area (Å²) >= 11 is 0. The zero-order chi connectivity index (χ0) is 61.8. The maximum Gasteiger partial charge on any atom is 0.215 e. The Morgan fingerprint density at radius 2 is 0.744 bits per heavy atom. The molecule has 5 aromatic carbocycles. The van der Waals surface area contributed by atoms with Gasteiger partial charge in [0.25, 0.3) is 0 Å². The van der Waals surface area contributed by atoms with Gasteiger partial charge < -0.3 is 0 Å². The maximum absolute atomic E-state index is 7.55. The van der Waals surface area contributed by atoms with E-state index in [2.05, 4.69) is 243 Å². The summed E-state index contributed by atoms with van der Waals surface area (Å²) in [5.74, 6) is 0. The number of aryl methyl sites for hydroxylation is 16. The molecule has 5 nitrogen and oxygen atoms in total. The highest BCUT2D eigenvalue weighted by atomic mass is 14.9. The minimum absolute atomic E-state index is 0.379. The fourth-order valence-corrected chi connectivity index (χ4v) is 9.93. The normalized spacial score (nSPS) is 11.9. The Kier molecular flexibility index (Phi) is 17.7. The van der Waals surface area contributed by atoms with Gasteiger partial charge in [-0.25, -0.2) is 18.3 Å². The van der Waals surface area contributed by atoms with E-state index in [0.717, 1.165) is 33.6 Å². The lowest BCUT2D eigenvalue weighted by Gasteiger charge is -2.08. The van der Waals surface area contributed by atoms with Gasteiger partial charge in [0.15, 0.2) is 30.5 Å². The van der Waals surface area contributed by atoms with Gasteiger partial charge in [-0.05, 0) is 170 Å². The van der Waals surface area contributed by atoms with Crippen molar-refractivity contribution in [2.45, 2.75) is 89.9 Å². The van der Waals surface area contributed by atoms with Crippen LogP contribution in [0.5, 0.6) is 0 Å². The first-order chi connectivity index (χ1) is 39.6. The number of hydrogen-bond donors (Lipinski definition) is 0. The monoisotopic (exact) mass is 1040 g/mol. The van der Waals surface area contributed by atoms with Gasteiger partial charge in [-0.15, -0.1) is 0 Å². The molecule has 0 atom stereocenters. The molecule has 0 bridgehead atoms. The molecule has 0 radical (unpaired) electrons. The summed E-state index contributed by atoms with van der Waals surface area (Å²) in [6, 6.07) is 58.3. The van der Waals surface area contributed by atoms with Gasteiger partial charge in [-0.2, -0.15) is 4.57 Å². The second-order valence-corrected chi connectivity index (χ2v) is 20.7. The van der Waals surface area contributed by atoms with Crippen LogP contribution in [0.3, 0.4) is 0 Å².